The molecule has 30 heavy (non-hydrogen) atoms. The summed E-state index contributed by atoms with van der Waals surface area (Å²) in [5.41, 5.74) is 4.99. The zero-order valence-corrected chi connectivity index (χ0v) is 17.9. The van der Waals surface area contributed by atoms with Gasteiger partial charge in [0.15, 0.2) is 6.61 Å². The minimum Gasteiger partial charge on any atom is -0.484 e. The highest BCUT2D eigenvalue weighted by molar-refractivity contribution is 7.12. The van der Waals surface area contributed by atoms with Crippen LogP contribution in [0.15, 0.2) is 60.0 Å². The summed E-state index contributed by atoms with van der Waals surface area (Å²) in [7, 11) is 0. The quantitative estimate of drug-likeness (QED) is 0.482. The molecule has 0 bridgehead atoms. The standard InChI is InChI=1S/C23H22N4O2S/c1-15-7-9-18(10-8-15)20-14-30-23(24-20)27-21(12-17(3)26-27)25-22(28)13-29-19-6-4-5-16(2)11-19/h4-12,14H,13H2,1-3H3,(H,25,28). The van der Waals surface area contributed by atoms with E-state index in [0.29, 0.717) is 16.7 Å². The molecule has 2 heterocycles. The lowest BCUT2D eigenvalue weighted by Gasteiger charge is -2.08. The van der Waals surface area contributed by atoms with E-state index >= 15 is 0 Å². The lowest BCUT2D eigenvalue weighted by atomic mass is 10.1. The highest BCUT2D eigenvalue weighted by Gasteiger charge is 2.15. The van der Waals surface area contributed by atoms with Gasteiger partial charge in [-0.05, 0) is 38.5 Å². The molecule has 0 saturated heterocycles. The molecular formula is C23H22N4O2S. The van der Waals surface area contributed by atoms with E-state index in [9.17, 15) is 4.79 Å². The number of ether oxygens (including phenoxy) is 1. The number of rotatable bonds is 6. The van der Waals surface area contributed by atoms with E-state index in [1.165, 1.54) is 16.9 Å². The van der Waals surface area contributed by atoms with Crippen LogP contribution in [0.5, 0.6) is 5.75 Å². The molecular weight excluding hydrogens is 396 g/mol. The second kappa shape index (κ2) is 8.51. The lowest BCUT2D eigenvalue weighted by Crippen LogP contribution is -2.21. The maximum absolute atomic E-state index is 12.4. The van der Waals surface area contributed by atoms with E-state index in [0.717, 1.165) is 22.5 Å². The van der Waals surface area contributed by atoms with E-state index in [4.69, 9.17) is 9.72 Å². The molecule has 2 aromatic carbocycles. The summed E-state index contributed by atoms with van der Waals surface area (Å²) >= 11 is 1.47. The second-order valence-corrected chi connectivity index (χ2v) is 7.95. The van der Waals surface area contributed by atoms with Crippen LogP contribution in [0.3, 0.4) is 0 Å². The topological polar surface area (TPSA) is 69.0 Å². The van der Waals surface area contributed by atoms with Crippen LogP contribution >= 0.6 is 11.3 Å². The third-order valence-corrected chi connectivity index (χ3v) is 5.30. The molecule has 0 atom stereocenters. The molecule has 1 amide bonds. The highest BCUT2D eigenvalue weighted by Crippen LogP contribution is 2.26. The molecule has 0 aliphatic carbocycles. The average molecular weight is 419 g/mol. The molecule has 0 aliphatic rings. The Morgan fingerprint density at radius 3 is 2.63 bits per heavy atom. The van der Waals surface area contributed by atoms with Crippen molar-refractivity contribution in [2.75, 3.05) is 11.9 Å². The van der Waals surface area contributed by atoms with Gasteiger partial charge in [0.05, 0.1) is 11.4 Å². The van der Waals surface area contributed by atoms with Gasteiger partial charge in [0.25, 0.3) is 5.91 Å². The summed E-state index contributed by atoms with van der Waals surface area (Å²) in [5.74, 6) is 0.973. The predicted molar refractivity (Wildman–Crippen MR) is 119 cm³/mol. The fraction of sp³-hybridized carbons (Fsp3) is 0.174. The summed E-state index contributed by atoms with van der Waals surface area (Å²) in [5, 5.41) is 10.0. The van der Waals surface area contributed by atoms with Gasteiger partial charge in [0.1, 0.15) is 11.6 Å². The monoisotopic (exact) mass is 418 g/mol. The van der Waals surface area contributed by atoms with Crippen molar-refractivity contribution in [3.63, 3.8) is 0 Å². The molecule has 0 unspecified atom stereocenters. The van der Waals surface area contributed by atoms with Gasteiger partial charge in [-0.15, -0.1) is 11.3 Å². The molecule has 2 aromatic heterocycles. The first-order chi connectivity index (χ1) is 14.5. The van der Waals surface area contributed by atoms with E-state index in [1.807, 2.05) is 61.7 Å². The van der Waals surface area contributed by atoms with Gasteiger partial charge < -0.3 is 10.1 Å². The Bertz CT molecular complexity index is 1180. The fourth-order valence-electron chi connectivity index (χ4n) is 2.99. The molecule has 0 spiro atoms. The predicted octanol–water partition coefficient (Wildman–Crippen LogP) is 4.94. The van der Waals surface area contributed by atoms with Gasteiger partial charge in [-0.1, -0.05) is 42.0 Å². The van der Waals surface area contributed by atoms with Gasteiger partial charge in [0.2, 0.25) is 5.13 Å². The largest absolute Gasteiger partial charge is 0.484 e. The van der Waals surface area contributed by atoms with Gasteiger partial charge in [-0.3, -0.25) is 4.79 Å². The average Bonchev–Trinajstić information content (AvgIpc) is 3.34. The van der Waals surface area contributed by atoms with Crippen molar-refractivity contribution in [1.29, 1.82) is 0 Å². The maximum atomic E-state index is 12.4. The van der Waals surface area contributed by atoms with Gasteiger partial charge >= 0.3 is 0 Å². The highest BCUT2D eigenvalue weighted by atomic mass is 32.1. The first-order valence-corrected chi connectivity index (χ1v) is 10.4. The third-order valence-electron chi connectivity index (χ3n) is 4.48. The zero-order chi connectivity index (χ0) is 21.1. The van der Waals surface area contributed by atoms with Crippen LogP contribution in [0.1, 0.15) is 16.8 Å². The number of carbonyl (C=O) groups is 1. The van der Waals surface area contributed by atoms with Crippen LogP contribution in [0.2, 0.25) is 0 Å². The fourth-order valence-corrected chi connectivity index (χ4v) is 3.78. The summed E-state index contributed by atoms with van der Waals surface area (Å²) < 4.78 is 7.25. The Morgan fingerprint density at radius 1 is 1.07 bits per heavy atom. The molecule has 4 rings (SSSR count). The van der Waals surface area contributed by atoms with Crippen molar-refractivity contribution in [3.05, 3.63) is 76.8 Å². The Balaban J connectivity index is 1.49. The Morgan fingerprint density at radius 2 is 1.87 bits per heavy atom. The van der Waals surface area contributed by atoms with Gasteiger partial charge in [0, 0.05) is 17.0 Å². The first-order valence-electron chi connectivity index (χ1n) is 9.57. The SMILES string of the molecule is Cc1ccc(-c2csc(-n3nc(C)cc3NC(=O)COc3cccc(C)c3)n2)cc1. The van der Waals surface area contributed by atoms with Crippen molar-refractivity contribution in [3.8, 4) is 22.1 Å². The van der Waals surface area contributed by atoms with Crippen molar-refractivity contribution < 1.29 is 9.53 Å². The van der Waals surface area contributed by atoms with Gasteiger partial charge in [-0.25, -0.2) is 4.98 Å². The molecule has 0 fully saturated rings. The van der Waals surface area contributed by atoms with Crippen LogP contribution < -0.4 is 10.1 Å². The van der Waals surface area contributed by atoms with Crippen LogP contribution in [0, 0.1) is 20.8 Å². The lowest BCUT2D eigenvalue weighted by molar-refractivity contribution is -0.118. The van der Waals surface area contributed by atoms with Crippen molar-refractivity contribution in [2.24, 2.45) is 0 Å². The molecule has 7 heteroatoms. The number of carbonyl (C=O) groups excluding carboxylic acids is 1. The Labute approximate surface area is 179 Å². The Kier molecular flexibility index (Phi) is 5.63. The molecule has 152 valence electrons. The number of benzene rings is 2. The van der Waals surface area contributed by atoms with E-state index in [1.54, 1.807) is 4.68 Å². The van der Waals surface area contributed by atoms with Crippen molar-refractivity contribution in [2.45, 2.75) is 20.8 Å². The van der Waals surface area contributed by atoms with Crippen LogP contribution in [0.25, 0.3) is 16.4 Å². The molecule has 4 aromatic rings. The van der Waals surface area contributed by atoms with Crippen LogP contribution in [0.4, 0.5) is 5.82 Å². The molecule has 0 saturated carbocycles. The van der Waals surface area contributed by atoms with E-state index < -0.39 is 0 Å². The number of amides is 1. The molecule has 6 nitrogen and oxygen atoms in total. The number of nitrogens with zero attached hydrogens (tertiary/aromatic N) is 3. The number of hydrogen-bond acceptors (Lipinski definition) is 5. The minimum absolute atomic E-state index is 0.0832. The van der Waals surface area contributed by atoms with Crippen LogP contribution in [-0.4, -0.2) is 27.3 Å². The molecule has 1 N–H and O–H groups in total. The second-order valence-electron chi connectivity index (χ2n) is 7.12. The van der Waals surface area contributed by atoms with Gasteiger partial charge in [-0.2, -0.15) is 9.78 Å². The smallest absolute Gasteiger partial charge is 0.263 e. The van der Waals surface area contributed by atoms with Crippen molar-refractivity contribution in [1.82, 2.24) is 14.8 Å². The minimum atomic E-state index is -0.257. The van der Waals surface area contributed by atoms with E-state index in [2.05, 4.69) is 29.5 Å². The number of aryl methyl sites for hydroxylation is 3. The summed E-state index contributed by atoms with van der Waals surface area (Å²) in [6.07, 6.45) is 0. The number of nitrogens with one attached hydrogen (secondary N) is 1. The molecule has 0 radical (unpaired) electrons. The Hall–Kier alpha value is -3.45. The maximum Gasteiger partial charge on any atom is 0.263 e. The number of hydrogen-bond donors (Lipinski definition) is 1. The van der Waals surface area contributed by atoms with E-state index in [-0.39, 0.29) is 12.5 Å². The summed E-state index contributed by atoms with van der Waals surface area (Å²) in [6, 6.07) is 17.6. The van der Waals surface area contributed by atoms with Crippen molar-refractivity contribution >= 4 is 23.1 Å². The number of aromatic nitrogens is 3. The summed E-state index contributed by atoms with van der Waals surface area (Å²) in [6.45, 7) is 5.83. The first kappa shape index (κ1) is 19.8. The number of thiazole rings is 1. The normalized spacial score (nSPS) is 10.8. The summed E-state index contributed by atoms with van der Waals surface area (Å²) in [4.78, 5) is 17.1. The zero-order valence-electron chi connectivity index (χ0n) is 17.0. The number of anilines is 1. The third kappa shape index (κ3) is 4.58. The molecule has 0 aliphatic heterocycles. The van der Waals surface area contributed by atoms with Crippen LogP contribution in [-0.2, 0) is 4.79 Å².